The normalized spacial score (nSPS) is 12.7. The van der Waals surface area contributed by atoms with Gasteiger partial charge in [0.1, 0.15) is 11.3 Å². The first kappa shape index (κ1) is 17.1. The molecule has 4 nitrogen and oxygen atoms in total. The highest BCUT2D eigenvalue weighted by molar-refractivity contribution is 5.80. The van der Waals surface area contributed by atoms with Gasteiger partial charge in [0.15, 0.2) is 0 Å². The Bertz CT molecular complexity index is 728. The third-order valence-corrected chi connectivity index (χ3v) is 3.02. The van der Waals surface area contributed by atoms with Crippen molar-refractivity contribution in [3.63, 3.8) is 0 Å². The molecule has 0 fully saturated rings. The average Bonchev–Trinajstić information content (AvgIpc) is 2.84. The fourth-order valence-electron chi connectivity index (χ4n) is 1.91. The quantitative estimate of drug-likeness (QED) is 0.750. The molecule has 0 atom stereocenters. The number of nitrogens with two attached hydrogens (primary N) is 1. The molecule has 0 unspecified atom stereocenters. The lowest BCUT2D eigenvalue weighted by Crippen LogP contribution is -2.19. The highest BCUT2D eigenvalue weighted by Gasteiger charge is 2.39. The number of aromatic nitrogens is 2. The number of alkyl halides is 6. The SMILES string of the molecule is C=C(CN)NCc1nc2c(C(F)(F)F)cc(C(F)(F)F)cc2[nH]1. The van der Waals surface area contributed by atoms with Crippen LogP contribution in [0.2, 0.25) is 0 Å². The molecule has 2 aromatic rings. The number of nitrogens with one attached hydrogen (secondary N) is 2. The Morgan fingerprint density at radius 3 is 2.35 bits per heavy atom. The van der Waals surface area contributed by atoms with Crippen molar-refractivity contribution in [2.45, 2.75) is 18.9 Å². The minimum absolute atomic E-state index is 0.0383. The Labute approximate surface area is 126 Å². The summed E-state index contributed by atoms with van der Waals surface area (Å²) in [6.07, 6.45) is -9.86. The maximum Gasteiger partial charge on any atom is 0.418 e. The molecule has 0 spiro atoms. The molecule has 1 aromatic heterocycles. The first-order valence-electron chi connectivity index (χ1n) is 6.31. The Hall–Kier alpha value is -2.23. The summed E-state index contributed by atoms with van der Waals surface area (Å²) in [7, 11) is 0. The summed E-state index contributed by atoms with van der Waals surface area (Å²) in [6, 6.07) is 0.651. The molecule has 0 radical (unpaired) electrons. The van der Waals surface area contributed by atoms with E-state index >= 15 is 0 Å². The fraction of sp³-hybridized carbons (Fsp3) is 0.308. The smallest absolute Gasteiger partial charge is 0.381 e. The van der Waals surface area contributed by atoms with E-state index in [1.54, 1.807) is 0 Å². The molecule has 0 aliphatic carbocycles. The summed E-state index contributed by atoms with van der Waals surface area (Å²) < 4.78 is 77.2. The van der Waals surface area contributed by atoms with Gasteiger partial charge in [0.05, 0.1) is 23.2 Å². The number of rotatable bonds is 4. The molecule has 0 aliphatic rings. The topological polar surface area (TPSA) is 66.7 Å². The van der Waals surface area contributed by atoms with E-state index in [0.717, 1.165) is 0 Å². The second kappa shape index (κ2) is 5.76. The second-order valence-electron chi connectivity index (χ2n) is 4.76. The summed E-state index contributed by atoms with van der Waals surface area (Å²) in [4.78, 5) is 6.17. The molecule has 23 heavy (non-hydrogen) atoms. The molecule has 10 heteroatoms. The van der Waals surface area contributed by atoms with E-state index in [0.29, 0.717) is 11.8 Å². The molecule has 0 saturated heterocycles. The molecular weight excluding hydrogens is 326 g/mol. The zero-order valence-electron chi connectivity index (χ0n) is 11.6. The molecule has 1 aromatic carbocycles. The van der Waals surface area contributed by atoms with Crippen molar-refractivity contribution in [1.82, 2.24) is 15.3 Å². The zero-order valence-corrected chi connectivity index (χ0v) is 11.6. The summed E-state index contributed by atoms with van der Waals surface area (Å²) in [6.45, 7) is 3.60. The van der Waals surface area contributed by atoms with Gasteiger partial charge in [0, 0.05) is 12.2 Å². The average molecular weight is 338 g/mol. The molecule has 126 valence electrons. The summed E-state index contributed by atoms with van der Waals surface area (Å²) in [5, 5.41) is 2.70. The lowest BCUT2D eigenvalue weighted by molar-refractivity contribution is -0.142. The van der Waals surface area contributed by atoms with Crippen LogP contribution in [0.25, 0.3) is 11.0 Å². The standard InChI is InChI=1S/C13H12F6N4/c1-6(4-20)21-5-10-22-9-3-7(12(14,15)16)2-8(11(9)23-10)13(17,18)19/h2-3,21H,1,4-5,20H2,(H,22,23). The van der Waals surface area contributed by atoms with E-state index in [1.807, 2.05) is 0 Å². The van der Waals surface area contributed by atoms with Crippen molar-refractivity contribution in [1.29, 1.82) is 0 Å². The minimum Gasteiger partial charge on any atom is -0.381 e. The van der Waals surface area contributed by atoms with Crippen LogP contribution in [0.3, 0.4) is 0 Å². The minimum atomic E-state index is -4.96. The van der Waals surface area contributed by atoms with E-state index < -0.39 is 29.0 Å². The first-order valence-corrected chi connectivity index (χ1v) is 6.31. The van der Waals surface area contributed by atoms with Crippen molar-refractivity contribution < 1.29 is 26.3 Å². The van der Waals surface area contributed by atoms with Crippen LogP contribution in [0.4, 0.5) is 26.3 Å². The number of aromatic amines is 1. The number of nitrogens with zero attached hydrogens (tertiary/aromatic N) is 1. The largest absolute Gasteiger partial charge is 0.418 e. The summed E-state index contributed by atoms with van der Waals surface area (Å²) >= 11 is 0. The van der Waals surface area contributed by atoms with Crippen LogP contribution in [0, 0.1) is 0 Å². The highest BCUT2D eigenvalue weighted by Crippen LogP contribution is 2.39. The van der Waals surface area contributed by atoms with Gasteiger partial charge in [-0.3, -0.25) is 0 Å². The predicted octanol–water partition coefficient (Wildman–Crippen LogP) is 3.16. The van der Waals surface area contributed by atoms with E-state index in [4.69, 9.17) is 5.73 Å². The Morgan fingerprint density at radius 1 is 1.17 bits per heavy atom. The van der Waals surface area contributed by atoms with Crippen molar-refractivity contribution in [3.8, 4) is 0 Å². The van der Waals surface area contributed by atoms with Gasteiger partial charge in [-0.05, 0) is 12.1 Å². The molecule has 0 bridgehead atoms. The van der Waals surface area contributed by atoms with Gasteiger partial charge >= 0.3 is 12.4 Å². The van der Waals surface area contributed by atoms with Gasteiger partial charge in [-0.15, -0.1) is 0 Å². The monoisotopic (exact) mass is 338 g/mol. The van der Waals surface area contributed by atoms with Gasteiger partial charge in [0.25, 0.3) is 0 Å². The van der Waals surface area contributed by atoms with E-state index in [9.17, 15) is 26.3 Å². The van der Waals surface area contributed by atoms with Crippen molar-refractivity contribution in [3.05, 3.63) is 41.4 Å². The fourth-order valence-corrected chi connectivity index (χ4v) is 1.91. The van der Waals surface area contributed by atoms with E-state index in [1.165, 1.54) is 0 Å². The lowest BCUT2D eigenvalue weighted by Gasteiger charge is -2.11. The third kappa shape index (κ3) is 3.76. The molecule has 0 amide bonds. The summed E-state index contributed by atoms with van der Waals surface area (Å²) in [5.74, 6) is 0.0411. The maximum atomic E-state index is 13.0. The number of benzene rings is 1. The number of H-pyrrole nitrogens is 1. The van der Waals surface area contributed by atoms with Crippen molar-refractivity contribution >= 4 is 11.0 Å². The first-order chi connectivity index (χ1) is 10.5. The van der Waals surface area contributed by atoms with Crippen LogP contribution < -0.4 is 11.1 Å². The number of fused-ring (bicyclic) bond motifs is 1. The Morgan fingerprint density at radius 2 is 1.83 bits per heavy atom. The second-order valence-corrected chi connectivity index (χ2v) is 4.76. The molecule has 1 heterocycles. The number of imidazole rings is 1. The van der Waals surface area contributed by atoms with Crippen molar-refractivity contribution in [2.75, 3.05) is 6.54 Å². The van der Waals surface area contributed by atoms with Gasteiger partial charge in [0.2, 0.25) is 0 Å². The van der Waals surface area contributed by atoms with Crippen LogP contribution in [0.1, 0.15) is 17.0 Å². The Balaban J connectivity index is 2.52. The molecule has 0 aliphatic heterocycles. The van der Waals surface area contributed by atoms with E-state index in [-0.39, 0.29) is 30.5 Å². The van der Waals surface area contributed by atoms with Crippen LogP contribution in [-0.2, 0) is 18.9 Å². The number of hydrogen-bond donors (Lipinski definition) is 3. The van der Waals surface area contributed by atoms with Gasteiger partial charge in [-0.2, -0.15) is 26.3 Å². The van der Waals surface area contributed by atoms with Gasteiger partial charge < -0.3 is 16.0 Å². The molecule has 0 saturated carbocycles. The number of halogens is 6. The highest BCUT2D eigenvalue weighted by atomic mass is 19.4. The summed E-state index contributed by atoms with van der Waals surface area (Å²) in [5.41, 5.74) is 1.96. The van der Waals surface area contributed by atoms with Crippen LogP contribution in [0.15, 0.2) is 24.4 Å². The van der Waals surface area contributed by atoms with Crippen LogP contribution in [-0.4, -0.2) is 16.5 Å². The molecular formula is C13H12F6N4. The van der Waals surface area contributed by atoms with Gasteiger partial charge in [-0.1, -0.05) is 6.58 Å². The maximum absolute atomic E-state index is 13.0. The van der Waals surface area contributed by atoms with Crippen LogP contribution in [0.5, 0.6) is 0 Å². The van der Waals surface area contributed by atoms with Crippen LogP contribution >= 0.6 is 0 Å². The number of hydrogen-bond acceptors (Lipinski definition) is 3. The zero-order chi connectivity index (χ0) is 17.4. The molecule has 2 rings (SSSR count). The predicted molar refractivity (Wildman–Crippen MR) is 71.1 cm³/mol. The third-order valence-electron chi connectivity index (χ3n) is 3.02. The van der Waals surface area contributed by atoms with E-state index in [2.05, 4.69) is 21.9 Å². The Kier molecular flexibility index (Phi) is 4.29. The lowest BCUT2D eigenvalue weighted by atomic mass is 10.1. The molecule has 4 N–H and O–H groups in total. The van der Waals surface area contributed by atoms with Gasteiger partial charge in [-0.25, -0.2) is 4.98 Å². The van der Waals surface area contributed by atoms with Crippen molar-refractivity contribution in [2.24, 2.45) is 5.73 Å².